The summed E-state index contributed by atoms with van der Waals surface area (Å²) in [7, 11) is 0. The highest BCUT2D eigenvalue weighted by Crippen LogP contribution is 1.88. The summed E-state index contributed by atoms with van der Waals surface area (Å²) in [6, 6.07) is -1.01. The molecule has 0 rings (SSSR count). The number of primary amides is 1. The van der Waals surface area contributed by atoms with E-state index in [2.05, 4.69) is 4.74 Å². The second-order valence-corrected chi connectivity index (χ2v) is 1.90. The van der Waals surface area contributed by atoms with E-state index >= 15 is 0 Å². The molecule has 13 heavy (non-hydrogen) atoms. The number of nitrogens with zero attached hydrogens (tertiary/aromatic N) is 1. The summed E-state index contributed by atoms with van der Waals surface area (Å²) in [5, 5.41) is 7.28. The number of hydrogen-bond donors (Lipinski definition) is 4. The number of nitrogens with two attached hydrogens (primary N) is 2. The van der Waals surface area contributed by atoms with Crippen molar-refractivity contribution in [3.63, 3.8) is 0 Å². The van der Waals surface area contributed by atoms with Crippen LogP contribution in [0, 0.1) is 5.41 Å². The van der Waals surface area contributed by atoms with E-state index in [0.717, 1.165) is 0 Å². The molecule has 0 bridgehead atoms. The fraction of sp³-hybridized carbons (Fsp3) is 0.400. The molecule has 6 N–H and O–H groups in total. The van der Waals surface area contributed by atoms with Gasteiger partial charge < -0.3 is 16.2 Å². The molecule has 3 amide bonds. The van der Waals surface area contributed by atoms with Crippen molar-refractivity contribution in [3.8, 4) is 0 Å². The summed E-state index contributed by atoms with van der Waals surface area (Å²) < 4.78 is 4.46. The van der Waals surface area contributed by atoms with Crippen LogP contribution in [0.1, 0.15) is 6.92 Å². The lowest BCUT2D eigenvalue weighted by atomic mass is 10.8. The zero-order chi connectivity index (χ0) is 10.4. The minimum atomic E-state index is -1.01. The van der Waals surface area contributed by atoms with Crippen LogP contribution in [-0.4, -0.2) is 29.7 Å². The molecule has 0 saturated heterocycles. The zero-order valence-electron chi connectivity index (χ0n) is 7.03. The molecule has 0 aromatic carbocycles. The number of guanidine groups is 1. The van der Waals surface area contributed by atoms with E-state index in [-0.39, 0.29) is 6.61 Å². The van der Waals surface area contributed by atoms with Gasteiger partial charge in [0.1, 0.15) is 0 Å². The summed E-state index contributed by atoms with van der Waals surface area (Å²) in [6.45, 7) is 1.67. The van der Waals surface area contributed by atoms with Crippen molar-refractivity contribution in [3.05, 3.63) is 0 Å². The van der Waals surface area contributed by atoms with Gasteiger partial charge in [0.2, 0.25) is 5.96 Å². The minimum Gasteiger partial charge on any atom is -0.448 e. The Labute approximate surface area is 74.3 Å². The van der Waals surface area contributed by atoms with Gasteiger partial charge in [-0.05, 0) is 6.92 Å². The zero-order valence-corrected chi connectivity index (χ0v) is 7.03. The highest BCUT2D eigenvalue weighted by molar-refractivity contribution is 5.93. The van der Waals surface area contributed by atoms with Crippen LogP contribution in [0.4, 0.5) is 9.59 Å². The molecular formula is C5H11N5O3. The van der Waals surface area contributed by atoms with Crippen LogP contribution >= 0.6 is 0 Å². The lowest BCUT2D eigenvalue weighted by Gasteiger charge is -2.18. The van der Waals surface area contributed by atoms with Gasteiger partial charge >= 0.3 is 12.1 Å². The molecule has 0 spiro atoms. The first kappa shape index (κ1) is 11.0. The van der Waals surface area contributed by atoms with E-state index in [1.54, 1.807) is 6.92 Å². The minimum absolute atomic E-state index is 0.100. The van der Waals surface area contributed by atoms with E-state index in [9.17, 15) is 9.59 Å². The number of rotatable bonds is 1. The molecule has 0 aromatic heterocycles. The lowest BCUT2D eigenvalue weighted by molar-refractivity contribution is 0.117. The van der Waals surface area contributed by atoms with E-state index in [4.69, 9.17) is 16.9 Å². The Bertz CT molecular complexity index is 228. The topological polar surface area (TPSA) is 135 Å². The highest BCUT2D eigenvalue weighted by Gasteiger charge is 2.18. The van der Waals surface area contributed by atoms with Gasteiger partial charge in [-0.2, -0.15) is 5.01 Å². The van der Waals surface area contributed by atoms with Crippen LogP contribution in [0.3, 0.4) is 0 Å². The molecule has 8 heteroatoms. The summed E-state index contributed by atoms with van der Waals surface area (Å²) in [5.74, 6) is -0.683. The Kier molecular flexibility index (Phi) is 4.07. The predicted molar refractivity (Wildman–Crippen MR) is 43.5 cm³/mol. The third-order valence-corrected chi connectivity index (χ3v) is 0.913. The summed E-state index contributed by atoms with van der Waals surface area (Å²) in [5.41, 5.74) is 11.5. The third-order valence-electron chi connectivity index (χ3n) is 0.913. The first-order valence-corrected chi connectivity index (χ1v) is 3.36. The molecule has 0 aromatic rings. The molecule has 74 valence electrons. The van der Waals surface area contributed by atoms with E-state index in [1.807, 2.05) is 5.43 Å². The smallest absolute Gasteiger partial charge is 0.436 e. The van der Waals surface area contributed by atoms with E-state index < -0.39 is 18.1 Å². The van der Waals surface area contributed by atoms with Crippen LogP contribution in [0.15, 0.2) is 0 Å². The molecule has 0 aliphatic carbocycles. The van der Waals surface area contributed by atoms with Gasteiger partial charge in [-0.1, -0.05) is 0 Å². The molecule has 8 nitrogen and oxygen atoms in total. The van der Waals surface area contributed by atoms with Gasteiger partial charge in [-0.15, -0.1) is 0 Å². The van der Waals surface area contributed by atoms with Crippen molar-refractivity contribution >= 4 is 18.1 Å². The highest BCUT2D eigenvalue weighted by atomic mass is 16.6. The van der Waals surface area contributed by atoms with Crippen LogP contribution in [-0.2, 0) is 4.74 Å². The average molecular weight is 189 g/mol. The van der Waals surface area contributed by atoms with Crippen molar-refractivity contribution in [2.45, 2.75) is 6.92 Å². The molecule has 0 aliphatic rings. The molecule has 0 atom stereocenters. The SMILES string of the molecule is CCOC(=O)N(NC(N)=O)C(=N)N. The number of hydrogen-bond acceptors (Lipinski definition) is 4. The number of amides is 3. The lowest BCUT2D eigenvalue weighted by Crippen LogP contribution is -2.54. The average Bonchev–Trinajstić information content (AvgIpc) is 1.99. The van der Waals surface area contributed by atoms with Gasteiger partial charge in [-0.3, -0.25) is 5.41 Å². The molecule has 0 saturated carbocycles. The number of ether oxygens (including phenoxy) is 1. The Morgan fingerprint density at radius 3 is 2.38 bits per heavy atom. The van der Waals surface area contributed by atoms with Gasteiger partial charge in [0.25, 0.3) is 0 Å². The Morgan fingerprint density at radius 2 is 2.08 bits per heavy atom. The maximum absolute atomic E-state index is 10.9. The molecule has 0 unspecified atom stereocenters. The van der Waals surface area contributed by atoms with Crippen molar-refractivity contribution in [2.24, 2.45) is 11.5 Å². The van der Waals surface area contributed by atoms with Crippen molar-refractivity contribution in [1.82, 2.24) is 10.4 Å². The standard InChI is InChI=1S/C5H11N5O3/c1-2-13-5(12)10(3(6)7)9-4(8)11/h2H2,1H3,(H3,6,7)(H3,8,9,11). The van der Waals surface area contributed by atoms with Gasteiger partial charge in [0.05, 0.1) is 6.61 Å². The maximum atomic E-state index is 10.9. The number of urea groups is 1. The fourth-order valence-corrected chi connectivity index (χ4v) is 0.502. The van der Waals surface area contributed by atoms with Crippen LogP contribution in [0.2, 0.25) is 0 Å². The summed E-state index contributed by atoms with van der Waals surface area (Å²) in [6.07, 6.45) is -0.964. The second-order valence-electron chi connectivity index (χ2n) is 1.90. The summed E-state index contributed by atoms with van der Waals surface area (Å²) in [4.78, 5) is 21.3. The molecule has 0 fully saturated rings. The Morgan fingerprint density at radius 1 is 1.54 bits per heavy atom. The number of carbonyl (C=O) groups excluding carboxylic acids is 2. The maximum Gasteiger partial charge on any atom is 0.436 e. The van der Waals surface area contributed by atoms with Gasteiger partial charge in [0, 0.05) is 0 Å². The van der Waals surface area contributed by atoms with Gasteiger partial charge in [0.15, 0.2) is 0 Å². The van der Waals surface area contributed by atoms with Crippen molar-refractivity contribution in [1.29, 1.82) is 5.41 Å². The van der Waals surface area contributed by atoms with Crippen LogP contribution in [0.25, 0.3) is 0 Å². The number of hydrazine groups is 1. The van der Waals surface area contributed by atoms with Gasteiger partial charge in [-0.25, -0.2) is 15.0 Å². The Balaban J connectivity index is 4.32. The monoisotopic (exact) mass is 189 g/mol. The number of carbonyl (C=O) groups is 2. The Hall–Kier alpha value is -1.99. The van der Waals surface area contributed by atoms with Crippen molar-refractivity contribution in [2.75, 3.05) is 6.61 Å². The predicted octanol–water partition coefficient (Wildman–Crippen LogP) is -1.08. The van der Waals surface area contributed by atoms with Crippen LogP contribution < -0.4 is 16.9 Å². The van der Waals surface area contributed by atoms with E-state index in [0.29, 0.717) is 5.01 Å². The first-order valence-electron chi connectivity index (χ1n) is 3.36. The largest absolute Gasteiger partial charge is 0.448 e. The van der Waals surface area contributed by atoms with E-state index in [1.165, 1.54) is 0 Å². The quantitative estimate of drug-likeness (QED) is 0.237. The number of nitrogens with one attached hydrogen (secondary N) is 2. The molecule has 0 aliphatic heterocycles. The molecule has 0 heterocycles. The summed E-state index contributed by atoms with van der Waals surface area (Å²) >= 11 is 0. The fourth-order valence-electron chi connectivity index (χ4n) is 0.502. The van der Waals surface area contributed by atoms with Crippen LogP contribution in [0.5, 0.6) is 0 Å². The first-order chi connectivity index (χ1) is 5.99. The third kappa shape index (κ3) is 3.79. The molecular weight excluding hydrogens is 178 g/mol. The van der Waals surface area contributed by atoms with Crippen molar-refractivity contribution < 1.29 is 14.3 Å². The second kappa shape index (κ2) is 4.80. The molecule has 0 radical (unpaired) electrons. The normalized spacial score (nSPS) is 8.69.